The molecule has 144 valence electrons. The molecule has 0 aromatic heterocycles. The van der Waals surface area contributed by atoms with Gasteiger partial charge in [0.2, 0.25) is 0 Å². The highest BCUT2D eigenvalue weighted by Gasteiger charge is 2.68. The Hall–Kier alpha value is -1.04. The maximum atomic E-state index is 12.6. The van der Waals surface area contributed by atoms with Gasteiger partial charge in [0.25, 0.3) is 0 Å². The van der Waals surface area contributed by atoms with Gasteiger partial charge in [0.1, 0.15) is 12.2 Å². The largest absolute Gasteiger partial charge is 0.393 e. The second-order valence-electron chi connectivity index (χ2n) is 8.79. The van der Waals surface area contributed by atoms with Crippen molar-refractivity contribution in [3.63, 3.8) is 0 Å². The summed E-state index contributed by atoms with van der Waals surface area (Å²) >= 11 is 0. The molecule has 7 atom stereocenters. The molecule has 3 unspecified atom stereocenters. The molecule has 0 spiro atoms. The van der Waals surface area contributed by atoms with Crippen molar-refractivity contribution in [3.05, 3.63) is 11.6 Å². The van der Waals surface area contributed by atoms with Gasteiger partial charge in [0.05, 0.1) is 7.45 Å². The number of hydrogen-bond acceptors (Lipinski definition) is 5. The predicted octanol–water partition coefficient (Wildman–Crippen LogP) is 1.78. The van der Waals surface area contributed by atoms with Gasteiger partial charge in [0.15, 0.2) is 11.6 Å². The second kappa shape index (κ2) is 5.73. The average Bonchev–Trinajstić information content (AvgIpc) is 2.96. The summed E-state index contributed by atoms with van der Waals surface area (Å²) in [6.45, 7) is 2.16. The number of hydrogen-bond donors (Lipinski definition) is 3. The van der Waals surface area contributed by atoms with Crippen molar-refractivity contribution in [1.82, 2.24) is 0 Å². The topological polar surface area (TPSA) is 94.8 Å². The summed E-state index contributed by atoms with van der Waals surface area (Å²) < 4.78 is 36.2. The zero-order valence-corrected chi connectivity index (χ0v) is 15.3. The number of fused-ring (bicyclic) bond motifs is 5. The lowest BCUT2D eigenvalue weighted by Crippen LogP contribution is -2.62. The molecule has 3 saturated carbocycles. The van der Waals surface area contributed by atoms with E-state index in [2.05, 4.69) is 0 Å². The molecule has 0 aliphatic heterocycles. The molecule has 0 heterocycles. The van der Waals surface area contributed by atoms with Crippen LogP contribution in [0, 0.1) is 28.6 Å². The quantitative estimate of drug-likeness (QED) is 0.692. The lowest BCUT2D eigenvalue weighted by molar-refractivity contribution is -0.182. The number of Topliss-reactive ketones (excluding diaryl/α,β-unsaturated/α-hetero) is 1. The molecule has 0 bridgehead atoms. The molecule has 26 heavy (non-hydrogen) atoms. The molecule has 3 N–H and O–H groups in total. The van der Waals surface area contributed by atoms with Crippen LogP contribution in [-0.2, 0) is 9.59 Å². The minimum Gasteiger partial charge on any atom is -0.393 e. The van der Waals surface area contributed by atoms with Gasteiger partial charge in [-0.05, 0) is 67.7 Å². The smallest absolute Gasteiger partial charge is 0.190 e. The molecule has 0 amide bonds. The summed E-state index contributed by atoms with van der Waals surface area (Å²) in [5.74, 6) is -4.23. The number of aliphatic hydroxyl groups excluding tert-OH is 1. The van der Waals surface area contributed by atoms with E-state index < -0.39 is 59.0 Å². The summed E-state index contributed by atoms with van der Waals surface area (Å²) in [4.78, 5) is 24.6. The van der Waals surface area contributed by atoms with E-state index >= 15 is 0 Å². The fourth-order valence-corrected chi connectivity index (χ4v) is 6.21. The standard InChI is InChI=1S/C21H30O5/c1-19-7-5-13(23)9-12(19)3-4-14-15-6-8-21(26,17(25)11-22)20(15,2)10-16(24)18(14)19/h9,14-16,18,22,24,26H,3-8,10-11H2,1-2H3/t14-,15?,16-,18?,19+,20+,21?/m1/s1/i10D2,16D,18D. The van der Waals surface area contributed by atoms with E-state index in [1.54, 1.807) is 6.92 Å². The molecule has 4 rings (SSSR count). The Kier molecular flexibility index (Phi) is 3.09. The van der Waals surface area contributed by atoms with Crippen LogP contribution in [0.15, 0.2) is 11.6 Å². The third-order valence-electron chi connectivity index (χ3n) is 7.75. The van der Waals surface area contributed by atoms with Crippen molar-refractivity contribution in [2.45, 2.75) is 70.4 Å². The minimum atomic E-state index is -2.96. The Balaban J connectivity index is 1.97. The first-order valence-electron chi connectivity index (χ1n) is 11.5. The third kappa shape index (κ3) is 2.14. The Morgan fingerprint density at radius 2 is 2.08 bits per heavy atom. The highest BCUT2D eigenvalue weighted by molar-refractivity contribution is 5.91. The lowest BCUT2D eigenvalue weighted by atomic mass is 9.45. The first-order chi connectivity index (χ1) is 13.7. The second-order valence-corrected chi connectivity index (χ2v) is 8.79. The number of carbonyl (C=O) groups excluding carboxylic acids is 2. The zero-order chi connectivity index (χ0) is 22.5. The van der Waals surface area contributed by atoms with E-state index in [0.29, 0.717) is 18.4 Å². The Bertz CT molecular complexity index is 856. The average molecular weight is 366 g/mol. The monoisotopic (exact) mass is 366 g/mol. The molecule has 3 fully saturated rings. The maximum Gasteiger partial charge on any atom is 0.190 e. The molecule has 0 saturated heterocycles. The fraction of sp³-hybridized carbons (Fsp3) is 0.810. The van der Waals surface area contributed by atoms with Gasteiger partial charge in [-0.3, -0.25) is 9.59 Å². The van der Waals surface area contributed by atoms with Gasteiger partial charge < -0.3 is 15.3 Å². The van der Waals surface area contributed by atoms with Crippen molar-refractivity contribution in [1.29, 1.82) is 0 Å². The summed E-state index contributed by atoms with van der Waals surface area (Å²) in [7, 11) is 0. The predicted molar refractivity (Wildman–Crippen MR) is 95.1 cm³/mol. The summed E-state index contributed by atoms with van der Waals surface area (Å²) in [5, 5.41) is 32.3. The van der Waals surface area contributed by atoms with Crippen LogP contribution < -0.4 is 0 Å². The van der Waals surface area contributed by atoms with Gasteiger partial charge in [0, 0.05) is 15.9 Å². The summed E-state index contributed by atoms with van der Waals surface area (Å²) in [6.07, 6.45) is -2.86. The van der Waals surface area contributed by atoms with Gasteiger partial charge >= 0.3 is 0 Å². The normalized spacial score (nSPS) is 60.3. The van der Waals surface area contributed by atoms with Gasteiger partial charge in [-0.15, -0.1) is 0 Å². The molecule has 5 heteroatoms. The Morgan fingerprint density at radius 3 is 2.77 bits per heavy atom. The van der Waals surface area contributed by atoms with Gasteiger partial charge in [-0.1, -0.05) is 19.4 Å². The molecule has 0 radical (unpaired) electrons. The third-order valence-corrected chi connectivity index (χ3v) is 7.75. The van der Waals surface area contributed by atoms with Crippen molar-refractivity contribution < 1.29 is 30.4 Å². The summed E-state index contributed by atoms with van der Waals surface area (Å²) in [6, 6.07) is 0. The Morgan fingerprint density at radius 1 is 1.35 bits per heavy atom. The van der Waals surface area contributed by atoms with Crippen molar-refractivity contribution >= 4 is 11.6 Å². The van der Waals surface area contributed by atoms with Gasteiger partial charge in [-0.2, -0.15) is 0 Å². The van der Waals surface area contributed by atoms with Crippen LogP contribution >= 0.6 is 0 Å². The lowest BCUT2D eigenvalue weighted by Gasteiger charge is -2.60. The van der Waals surface area contributed by atoms with E-state index in [1.807, 2.05) is 0 Å². The van der Waals surface area contributed by atoms with Crippen LogP contribution in [0.4, 0.5) is 0 Å². The van der Waals surface area contributed by atoms with Crippen molar-refractivity contribution in [3.8, 4) is 0 Å². The van der Waals surface area contributed by atoms with Crippen molar-refractivity contribution in [2.75, 3.05) is 6.61 Å². The maximum absolute atomic E-state index is 12.6. The molecule has 5 nitrogen and oxygen atoms in total. The first-order valence-corrected chi connectivity index (χ1v) is 9.49. The van der Waals surface area contributed by atoms with E-state index in [1.165, 1.54) is 13.0 Å². The van der Waals surface area contributed by atoms with Crippen LogP contribution in [-0.4, -0.2) is 45.2 Å². The molecule has 4 aliphatic rings. The van der Waals surface area contributed by atoms with Crippen LogP contribution in [0.2, 0.25) is 0 Å². The SMILES string of the molecule is [2H]C1([2H])[C@@]([2H])(O)C2([2H])[C@H](CCC3=CC(=O)CC[C@@]32C)C2CCC(O)(C(=O)CO)[C@]21C. The number of carbonyl (C=O) groups is 2. The fourth-order valence-electron chi connectivity index (χ4n) is 6.21. The number of ketones is 2. The highest BCUT2D eigenvalue weighted by atomic mass is 16.3. The van der Waals surface area contributed by atoms with E-state index in [9.17, 15) is 26.3 Å². The van der Waals surface area contributed by atoms with Crippen LogP contribution in [0.5, 0.6) is 0 Å². The van der Waals surface area contributed by atoms with Crippen molar-refractivity contribution in [2.24, 2.45) is 28.6 Å². The van der Waals surface area contributed by atoms with E-state index in [0.717, 1.165) is 0 Å². The van der Waals surface area contributed by atoms with Gasteiger partial charge in [-0.25, -0.2) is 0 Å². The Labute approximate surface area is 160 Å². The first kappa shape index (κ1) is 14.0. The molecule has 0 aromatic carbocycles. The summed E-state index contributed by atoms with van der Waals surface area (Å²) in [5.41, 5.74) is -4.47. The van der Waals surface area contributed by atoms with Crippen LogP contribution in [0.3, 0.4) is 0 Å². The minimum absolute atomic E-state index is 0.0644. The molecule has 4 aliphatic carbocycles. The van der Waals surface area contributed by atoms with Crippen LogP contribution in [0.25, 0.3) is 0 Å². The molecular weight excluding hydrogens is 332 g/mol. The number of aliphatic hydroxyl groups is 3. The van der Waals surface area contributed by atoms with Crippen LogP contribution in [0.1, 0.15) is 64.2 Å². The number of allylic oxidation sites excluding steroid dienone is 1. The highest BCUT2D eigenvalue weighted by Crippen LogP contribution is 2.67. The molecular formula is C21H30O5. The van der Waals surface area contributed by atoms with E-state index in [4.69, 9.17) is 4.11 Å². The van der Waals surface area contributed by atoms with E-state index in [-0.39, 0.29) is 31.5 Å². The molecule has 0 aromatic rings. The number of rotatable bonds is 2. The zero-order valence-electron chi connectivity index (χ0n) is 19.3.